The molecule has 0 fully saturated rings. The number of hydrogen-bond donors (Lipinski definition) is 2. The lowest BCUT2D eigenvalue weighted by Gasteiger charge is -2.18. The van der Waals surface area contributed by atoms with Gasteiger partial charge in [-0.2, -0.15) is 5.10 Å². The summed E-state index contributed by atoms with van der Waals surface area (Å²) in [6.45, 7) is 0. The molecule has 166 valence electrons. The molecule has 32 heavy (non-hydrogen) atoms. The summed E-state index contributed by atoms with van der Waals surface area (Å²) in [7, 11) is 1.38. The van der Waals surface area contributed by atoms with Crippen molar-refractivity contribution >= 4 is 11.8 Å². The van der Waals surface area contributed by atoms with Gasteiger partial charge in [-0.25, -0.2) is 17.9 Å². The SMILES string of the molecule is CNC(=O)C(NC(=O)c1nn(-c2ccc(F)cc2)c2c1CCCC2)c1ccc(F)c(F)c1. The molecule has 1 aliphatic carbocycles. The minimum Gasteiger partial charge on any atom is -0.357 e. The first-order chi connectivity index (χ1) is 15.4. The molecule has 1 aliphatic rings. The van der Waals surface area contributed by atoms with Crippen molar-refractivity contribution in [2.75, 3.05) is 7.05 Å². The van der Waals surface area contributed by atoms with Gasteiger partial charge >= 0.3 is 0 Å². The van der Waals surface area contributed by atoms with E-state index in [0.29, 0.717) is 18.5 Å². The largest absolute Gasteiger partial charge is 0.357 e. The molecule has 3 aromatic rings. The molecule has 1 aromatic heterocycles. The van der Waals surface area contributed by atoms with Gasteiger partial charge in [0.15, 0.2) is 17.3 Å². The van der Waals surface area contributed by atoms with E-state index in [0.717, 1.165) is 36.2 Å². The van der Waals surface area contributed by atoms with Crippen LogP contribution >= 0.6 is 0 Å². The first-order valence-electron chi connectivity index (χ1n) is 10.2. The Morgan fingerprint density at radius 3 is 2.41 bits per heavy atom. The maximum absolute atomic E-state index is 13.7. The maximum atomic E-state index is 13.7. The zero-order valence-corrected chi connectivity index (χ0v) is 17.3. The number of nitrogens with zero attached hydrogens (tertiary/aromatic N) is 2. The van der Waals surface area contributed by atoms with Crippen LogP contribution in [-0.4, -0.2) is 28.6 Å². The van der Waals surface area contributed by atoms with E-state index in [4.69, 9.17) is 0 Å². The Kier molecular flexibility index (Phi) is 5.98. The summed E-state index contributed by atoms with van der Waals surface area (Å²) in [5.74, 6) is -3.75. The predicted octanol–water partition coefficient (Wildman–Crippen LogP) is 3.39. The first kappa shape index (κ1) is 21.6. The molecule has 2 aromatic carbocycles. The lowest BCUT2D eigenvalue weighted by Crippen LogP contribution is -2.39. The topological polar surface area (TPSA) is 76.0 Å². The highest BCUT2D eigenvalue weighted by Crippen LogP contribution is 2.28. The van der Waals surface area contributed by atoms with Crippen molar-refractivity contribution < 1.29 is 22.8 Å². The zero-order valence-electron chi connectivity index (χ0n) is 17.3. The van der Waals surface area contributed by atoms with Gasteiger partial charge in [-0.05, 0) is 67.6 Å². The molecule has 9 heteroatoms. The Morgan fingerprint density at radius 1 is 1.00 bits per heavy atom. The average Bonchev–Trinajstić information content (AvgIpc) is 3.19. The maximum Gasteiger partial charge on any atom is 0.272 e. The summed E-state index contributed by atoms with van der Waals surface area (Å²) >= 11 is 0. The van der Waals surface area contributed by atoms with Gasteiger partial charge in [-0.1, -0.05) is 6.07 Å². The van der Waals surface area contributed by atoms with Crippen molar-refractivity contribution in [3.63, 3.8) is 0 Å². The van der Waals surface area contributed by atoms with Gasteiger partial charge in [-0.15, -0.1) is 0 Å². The summed E-state index contributed by atoms with van der Waals surface area (Å²) in [6.07, 6.45) is 3.14. The van der Waals surface area contributed by atoms with E-state index in [1.807, 2.05) is 0 Å². The molecule has 1 atom stereocenters. The van der Waals surface area contributed by atoms with E-state index < -0.39 is 29.5 Å². The number of fused-ring (bicyclic) bond motifs is 1. The van der Waals surface area contributed by atoms with Crippen LogP contribution in [0.3, 0.4) is 0 Å². The van der Waals surface area contributed by atoms with Crippen LogP contribution in [0.5, 0.6) is 0 Å². The molecule has 0 bridgehead atoms. The van der Waals surface area contributed by atoms with Crippen molar-refractivity contribution in [3.05, 3.63) is 82.4 Å². The van der Waals surface area contributed by atoms with Gasteiger partial charge in [0.2, 0.25) is 5.91 Å². The van der Waals surface area contributed by atoms with Gasteiger partial charge in [-0.3, -0.25) is 9.59 Å². The Labute approximate surface area is 182 Å². The number of halogens is 3. The van der Waals surface area contributed by atoms with E-state index >= 15 is 0 Å². The van der Waals surface area contributed by atoms with Crippen molar-refractivity contribution in [1.82, 2.24) is 20.4 Å². The number of rotatable bonds is 5. The van der Waals surface area contributed by atoms with Gasteiger partial charge in [0.25, 0.3) is 5.91 Å². The van der Waals surface area contributed by atoms with Crippen LogP contribution in [0, 0.1) is 17.5 Å². The highest BCUT2D eigenvalue weighted by Gasteiger charge is 2.29. The summed E-state index contributed by atoms with van der Waals surface area (Å²) in [6, 6.07) is 7.57. The fourth-order valence-corrected chi connectivity index (χ4v) is 3.91. The third-order valence-corrected chi connectivity index (χ3v) is 5.53. The van der Waals surface area contributed by atoms with Gasteiger partial charge in [0, 0.05) is 18.3 Å². The molecule has 0 saturated carbocycles. The summed E-state index contributed by atoms with van der Waals surface area (Å²) in [4.78, 5) is 25.6. The Bertz CT molecular complexity index is 1170. The second-order valence-corrected chi connectivity index (χ2v) is 7.56. The van der Waals surface area contributed by atoms with Crippen molar-refractivity contribution in [3.8, 4) is 5.69 Å². The van der Waals surface area contributed by atoms with Gasteiger partial charge in [0.1, 0.15) is 11.9 Å². The van der Waals surface area contributed by atoms with Gasteiger partial charge < -0.3 is 10.6 Å². The number of hydrogen-bond acceptors (Lipinski definition) is 3. The lowest BCUT2D eigenvalue weighted by molar-refractivity contribution is -0.122. The highest BCUT2D eigenvalue weighted by atomic mass is 19.2. The minimum absolute atomic E-state index is 0.100. The van der Waals surface area contributed by atoms with Gasteiger partial charge in [0.05, 0.1) is 5.69 Å². The third-order valence-electron chi connectivity index (χ3n) is 5.53. The Hall–Kier alpha value is -3.62. The average molecular weight is 442 g/mol. The van der Waals surface area contributed by atoms with E-state index in [1.165, 1.54) is 25.2 Å². The first-order valence-corrected chi connectivity index (χ1v) is 10.2. The number of nitrogens with one attached hydrogen (secondary N) is 2. The molecule has 0 saturated heterocycles. The molecule has 4 rings (SSSR count). The highest BCUT2D eigenvalue weighted by molar-refractivity contribution is 5.97. The Morgan fingerprint density at radius 2 is 1.72 bits per heavy atom. The van der Waals surface area contributed by atoms with E-state index in [2.05, 4.69) is 15.7 Å². The van der Waals surface area contributed by atoms with E-state index in [1.54, 1.807) is 16.8 Å². The number of benzene rings is 2. The molecule has 6 nitrogen and oxygen atoms in total. The quantitative estimate of drug-likeness (QED) is 0.636. The van der Waals surface area contributed by atoms with Crippen molar-refractivity contribution in [2.45, 2.75) is 31.7 Å². The fraction of sp³-hybridized carbons (Fsp3) is 0.261. The lowest BCUT2D eigenvalue weighted by atomic mass is 9.95. The van der Waals surface area contributed by atoms with Crippen molar-refractivity contribution in [2.24, 2.45) is 0 Å². The summed E-state index contributed by atoms with van der Waals surface area (Å²) in [5.41, 5.74) is 2.49. The van der Waals surface area contributed by atoms with E-state index in [9.17, 15) is 22.8 Å². The number of carbonyl (C=O) groups excluding carboxylic acids is 2. The predicted molar refractivity (Wildman–Crippen MR) is 111 cm³/mol. The monoisotopic (exact) mass is 442 g/mol. The van der Waals surface area contributed by atoms with Crippen LogP contribution in [0.4, 0.5) is 13.2 Å². The van der Waals surface area contributed by atoms with Crippen LogP contribution in [0.2, 0.25) is 0 Å². The molecular formula is C23H21F3N4O2. The molecular weight excluding hydrogens is 421 g/mol. The van der Waals surface area contributed by atoms with Crippen molar-refractivity contribution in [1.29, 1.82) is 0 Å². The van der Waals surface area contributed by atoms with Crippen LogP contribution < -0.4 is 10.6 Å². The number of aromatic nitrogens is 2. The number of amides is 2. The van der Waals surface area contributed by atoms with E-state index in [-0.39, 0.29) is 17.1 Å². The second kappa shape index (κ2) is 8.86. The molecule has 2 N–H and O–H groups in total. The number of carbonyl (C=O) groups is 2. The van der Waals surface area contributed by atoms with Crippen LogP contribution in [0.1, 0.15) is 46.2 Å². The molecule has 1 heterocycles. The van der Waals surface area contributed by atoms with Crippen LogP contribution in [-0.2, 0) is 17.6 Å². The summed E-state index contributed by atoms with van der Waals surface area (Å²) < 4.78 is 42.1. The fourth-order valence-electron chi connectivity index (χ4n) is 3.91. The van der Waals surface area contributed by atoms with Crippen LogP contribution in [0.25, 0.3) is 5.69 Å². The molecule has 0 aliphatic heterocycles. The minimum atomic E-state index is -1.24. The summed E-state index contributed by atoms with van der Waals surface area (Å²) in [5, 5.41) is 9.49. The molecule has 2 amide bonds. The third kappa shape index (κ3) is 4.10. The molecule has 0 spiro atoms. The molecule has 0 radical (unpaired) electrons. The Balaban J connectivity index is 1.70. The second-order valence-electron chi connectivity index (χ2n) is 7.56. The molecule has 1 unspecified atom stereocenters. The standard InChI is InChI=1S/C23H21F3N4O2/c1-27-22(31)20(13-6-11-17(25)18(26)12-13)28-23(32)21-16-4-2-3-5-19(16)30(29-21)15-9-7-14(24)8-10-15/h6-12,20H,2-5H2,1H3,(H,27,31)(H,28,32). The normalized spacial score (nSPS) is 13.9. The number of likely N-dealkylation sites (N-methyl/N-ethyl adjacent to an activating group) is 1. The zero-order chi connectivity index (χ0) is 22.8. The van der Waals surface area contributed by atoms with Crippen LogP contribution in [0.15, 0.2) is 42.5 Å². The smallest absolute Gasteiger partial charge is 0.272 e.